The molecule has 150 valence electrons. The molecule has 0 heterocycles. The van der Waals surface area contributed by atoms with E-state index in [-0.39, 0.29) is 11.7 Å². The number of nitrogens with zero attached hydrogens (tertiary/aromatic N) is 1. The van der Waals surface area contributed by atoms with Gasteiger partial charge in [0.15, 0.2) is 5.76 Å². The van der Waals surface area contributed by atoms with Gasteiger partial charge in [-0.15, -0.1) is 0 Å². The van der Waals surface area contributed by atoms with E-state index >= 15 is 0 Å². The fraction of sp³-hybridized carbons (Fsp3) is 0.545. The number of carbonyl (C=O) groups excluding carboxylic acids is 1. The number of aliphatic hydroxyl groups is 1. The SMILES string of the molecule is C=C=C(OC)[C@@H](O)[C@H](CC(C)C)N(Cc1ccccc1)C(=O)OC(C)(C)C. The molecule has 27 heavy (non-hydrogen) atoms. The molecular formula is C22H33NO4. The Kier molecular flexibility index (Phi) is 8.61. The molecule has 1 rings (SSSR count). The number of methoxy groups -OCH3 is 1. The Morgan fingerprint density at radius 1 is 1.26 bits per heavy atom. The Bertz CT molecular complexity index is 642. The molecule has 5 heteroatoms. The molecule has 0 aromatic heterocycles. The van der Waals surface area contributed by atoms with Crippen LogP contribution in [0.15, 0.2) is 48.4 Å². The molecule has 0 aliphatic rings. The van der Waals surface area contributed by atoms with E-state index in [1.54, 1.807) is 4.90 Å². The lowest BCUT2D eigenvalue weighted by atomic mass is 9.96. The zero-order valence-corrected chi connectivity index (χ0v) is 17.4. The van der Waals surface area contributed by atoms with Crippen molar-refractivity contribution in [1.82, 2.24) is 4.90 Å². The van der Waals surface area contributed by atoms with Gasteiger partial charge in [0.25, 0.3) is 0 Å². The molecule has 0 fully saturated rings. The van der Waals surface area contributed by atoms with Crippen molar-refractivity contribution in [2.75, 3.05) is 7.11 Å². The zero-order chi connectivity index (χ0) is 20.6. The number of carbonyl (C=O) groups is 1. The third-order valence-corrected chi connectivity index (χ3v) is 3.96. The minimum atomic E-state index is -1.05. The van der Waals surface area contributed by atoms with Crippen molar-refractivity contribution in [3.8, 4) is 0 Å². The Morgan fingerprint density at radius 2 is 1.85 bits per heavy atom. The van der Waals surface area contributed by atoms with E-state index < -0.39 is 23.8 Å². The van der Waals surface area contributed by atoms with Crippen LogP contribution in [0.25, 0.3) is 0 Å². The van der Waals surface area contributed by atoms with E-state index in [2.05, 4.69) is 12.3 Å². The van der Waals surface area contributed by atoms with Crippen molar-refractivity contribution >= 4 is 6.09 Å². The first-order valence-corrected chi connectivity index (χ1v) is 9.24. The summed E-state index contributed by atoms with van der Waals surface area (Å²) >= 11 is 0. The molecule has 5 nitrogen and oxygen atoms in total. The third-order valence-electron chi connectivity index (χ3n) is 3.96. The highest BCUT2D eigenvalue weighted by Crippen LogP contribution is 2.24. The summed E-state index contributed by atoms with van der Waals surface area (Å²) < 4.78 is 10.8. The Morgan fingerprint density at radius 3 is 2.30 bits per heavy atom. The van der Waals surface area contributed by atoms with Gasteiger partial charge in [-0.1, -0.05) is 56.5 Å². The Balaban J connectivity index is 3.30. The minimum Gasteiger partial charge on any atom is -0.490 e. The summed E-state index contributed by atoms with van der Waals surface area (Å²) in [5, 5.41) is 10.9. The van der Waals surface area contributed by atoms with Crippen LogP contribution >= 0.6 is 0 Å². The Labute approximate surface area is 163 Å². The van der Waals surface area contributed by atoms with Gasteiger partial charge in [0.1, 0.15) is 11.7 Å². The lowest BCUT2D eigenvalue weighted by molar-refractivity contribution is -0.0151. The number of benzene rings is 1. The van der Waals surface area contributed by atoms with Crippen LogP contribution in [0.4, 0.5) is 4.79 Å². The van der Waals surface area contributed by atoms with E-state index in [1.807, 2.05) is 65.0 Å². The van der Waals surface area contributed by atoms with Gasteiger partial charge in [0, 0.05) is 6.54 Å². The van der Waals surface area contributed by atoms with Gasteiger partial charge < -0.3 is 14.6 Å². The van der Waals surface area contributed by atoms with Gasteiger partial charge in [0.2, 0.25) is 0 Å². The summed E-state index contributed by atoms with van der Waals surface area (Å²) in [5.41, 5.74) is 2.94. The van der Waals surface area contributed by atoms with E-state index in [1.165, 1.54) is 7.11 Å². The number of hydrogen-bond donors (Lipinski definition) is 1. The molecule has 2 atom stereocenters. The van der Waals surface area contributed by atoms with Crippen LogP contribution in [0.5, 0.6) is 0 Å². The predicted octanol–water partition coefficient (Wildman–Crippen LogP) is 4.51. The first-order valence-electron chi connectivity index (χ1n) is 9.24. The maximum atomic E-state index is 13.0. The van der Waals surface area contributed by atoms with Crippen molar-refractivity contribution in [3.63, 3.8) is 0 Å². The molecule has 1 N–H and O–H groups in total. The second-order valence-corrected chi connectivity index (χ2v) is 7.98. The van der Waals surface area contributed by atoms with Crippen molar-refractivity contribution in [3.05, 3.63) is 54.0 Å². The summed E-state index contributed by atoms with van der Waals surface area (Å²) in [6.45, 7) is 13.5. The summed E-state index contributed by atoms with van der Waals surface area (Å²) in [6, 6.07) is 9.10. The molecule has 0 aliphatic heterocycles. The van der Waals surface area contributed by atoms with Crippen LogP contribution in [0.1, 0.15) is 46.6 Å². The van der Waals surface area contributed by atoms with Crippen molar-refractivity contribution in [2.45, 2.75) is 65.3 Å². The molecule has 1 amide bonds. The predicted molar refractivity (Wildman–Crippen MR) is 107 cm³/mol. The molecule has 0 bridgehead atoms. The highest BCUT2D eigenvalue weighted by Gasteiger charge is 2.35. The topological polar surface area (TPSA) is 59.0 Å². The van der Waals surface area contributed by atoms with Gasteiger partial charge in [-0.25, -0.2) is 4.79 Å². The van der Waals surface area contributed by atoms with Gasteiger partial charge >= 0.3 is 6.09 Å². The fourth-order valence-electron chi connectivity index (χ4n) is 2.80. The molecular weight excluding hydrogens is 342 g/mol. The van der Waals surface area contributed by atoms with Gasteiger partial charge in [-0.2, -0.15) is 0 Å². The molecule has 0 aliphatic carbocycles. The molecule has 0 saturated carbocycles. The van der Waals surface area contributed by atoms with E-state index in [0.717, 1.165) is 5.56 Å². The van der Waals surface area contributed by atoms with E-state index in [4.69, 9.17) is 9.47 Å². The fourth-order valence-corrected chi connectivity index (χ4v) is 2.80. The smallest absolute Gasteiger partial charge is 0.410 e. The maximum Gasteiger partial charge on any atom is 0.410 e. The van der Waals surface area contributed by atoms with Crippen LogP contribution in [-0.2, 0) is 16.0 Å². The standard InChI is InChI=1S/C22H33NO4/c1-8-19(26-7)20(24)18(14-16(2)3)23(21(25)27-22(4,5)6)15-17-12-10-9-11-13-17/h9-13,16,18,20,24H,1,14-15H2,2-7H3/t18-,20-/m0/s1. The van der Waals surface area contributed by atoms with Gasteiger partial charge in [-0.05, 0) is 38.7 Å². The number of ether oxygens (including phenoxy) is 2. The first-order chi connectivity index (χ1) is 12.6. The second kappa shape index (κ2) is 10.2. The summed E-state index contributed by atoms with van der Waals surface area (Å²) in [5.74, 6) is 0.454. The summed E-state index contributed by atoms with van der Waals surface area (Å²) in [6.07, 6.45) is -0.955. The number of aliphatic hydroxyl groups excluding tert-OH is 1. The maximum absolute atomic E-state index is 13.0. The molecule has 0 radical (unpaired) electrons. The molecule has 0 saturated heterocycles. The quantitative estimate of drug-likeness (QED) is 0.536. The normalized spacial score (nSPS) is 13.5. The molecule has 1 aromatic carbocycles. The lowest BCUT2D eigenvalue weighted by Gasteiger charge is -2.37. The monoisotopic (exact) mass is 375 g/mol. The Hall–Kier alpha value is -2.23. The van der Waals surface area contributed by atoms with Crippen molar-refractivity contribution < 1.29 is 19.4 Å². The van der Waals surface area contributed by atoms with Gasteiger partial charge in [0.05, 0.1) is 13.2 Å². The van der Waals surface area contributed by atoms with Crippen LogP contribution < -0.4 is 0 Å². The number of amides is 1. The van der Waals surface area contributed by atoms with Crippen molar-refractivity contribution in [2.24, 2.45) is 5.92 Å². The number of rotatable bonds is 8. The largest absolute Gasteiger partial charge is 0.490 e. The highest BCUT2D eigenvalue weighted by atomic mass is 16.6. The third kappa shape index (κ3) is 7.49. The van der Waals surface area contributed by atoms with Crippen LogP contribution in [0.3, 0.4) is 0 Å². The van der Waals surface area contributed by atoms with Gasteiger partial charge in [-0.3, -0.25) is 4.90 Å². The summed E-state index contributed by atoms with van der Waals surface area (Å²) in [4.78, 5) is 14.6. The molecule has 0 spiro atoms. The average Bonchev–Trinajstić information content (AvgIpc) is 2.58. The van der Waals surface area contributed by atoms with Crippen LogP contribution in [0.2, 0.25) is 0 Å². The van der Waals surface area contributed by atoms with E-state index in [9.17, 15) is 9.90 Å². The molecule has 1 aromatic rings. The lowest BCUT2D eigenvalue weighted by Crippen LogP contribution is -2.49. The van der Waals surface area contributed by atoms with E-state index in [0.29, 0.717) is 13.0 Å². The van der Waals surface area contributed by atoms with Crippen LogP contribution in [-0.4, -0.2) is 41.0 Å². The van der Waals surface area contributed by atoms with Crippen molar-refractivity contribution in [1.29, 1.82) is 0 Å². The second-order valence-electron chi connectivity index (χ2n) is 7.98. The summed E-state index contributed by atoms with van der Waals surface area (Å²) in [7, 11) is 1.46. The highest BCUT2D eigenvalue weighted by molar-refractivity contribution is 5.68. The van der Waals surface area contributed by atoms with Crippen LogP contribution in [0, 0.1) is 5.92 Å². The zero-order valence-electron chi connectivity index (χ0n) is 17.4. The number of hydrogen-bond acceptors (Lipinski definition) is 4. The average molecular weight is 376 g/mol. The first kappa shape index (κ1) is 22.8. The molecule has 0 unspecified atom stereocenters. The minimum absolute atomic E-state index is 0.210.